The van der Waals surface area contributed by atoms with Crippen molar-refractivity contribution < 1.29 is 22.2 Å². The SMILES string of the molecule is CC(COCC=CCOS(C)(=O)=O)=NOC(C)(C)C. The third kappa shape index (κ3) is 15.0. The van der Waals surface area contributed by atoms with E-state index in [4.69, 9.17) is 9.57 Å². The van der Waals surface area contributed by atoms with Crippen LogP contribution in [0.4, 0.5) is 0 Å². The van der Waals surface area contributed by atoms with Crippen molar-refractivity contribution >= 4 is 15.8 Å². The molecule has 0 aromatic rings. The minimum absolute atomic E-state index is 0.0163. The van der Waals surface area contributed by atoms with Gasteiger partial charge in [0, 0.05) is 0 Å². The molecule has 0 aliphatic carbocycles. The van der Waals surface area contributed by atoms with Crippen molar-refractivity contribution in [2.75, 3.05) is 26.1 Å². The van der Waals surface area contributed by atoms with Crippen LogP contribution in [0.1, 0.15) is 27.7 Å². The molecule has 7 heteroatoms. The van der Waals surface area contributed by atoms with Crippen molar-refractivity contribution in [2.24, 2.45) is 5.16 Å². The van der Waals surface area contributed by atoms with E-state index in [1.54, 1.807) is 12.2 Å². The van der Waals surface area contributed by atoms with Gasteiger partial charge in [-0.15, -0.1) is 0 Å². The van der Waals surface area contributed by atoms with E-state index >= 15 is 0 Å². The molecule has 0 bridgehead atoms. The maximum atomic E-state index is 10.6. The molecule has 6 nitrogen and oxygen atoms in total. The van der Waals surface area contributed by atoms with E-state index in [1.165, 1.54) is 0 Å². The van der Waals surface area contributed by atoms with Crippen LogP contribution < -0.4 is 0 Å². The minimum atomic E-state index is -3.38. The molecule has 0 N–H and O–H groups in total. The average Bonchev–Trinajstić information content (AvgIpc) is 2.22. The van der Waals surface area contributed by atoms with Crippen molar-refractivity contribution in [3.8, 4) is 0 Å². The Morgan fingerprint density at radius 1 is 1.21 bits per heavy atom. The van der Waals surface area contributed by atoms with Crippen LogP contribution in [0.3, 0.4) is 0 Å². The highest BCUT2D eigenvalue weighted by Gasteiger charge is 2.10. The molecule has 0 saturated heterocycles. The maximum Gasteiger partial charge on any atom is 0.264 e. The minimum Gasteiger partial charge on any atom is -0.390 e. The first-order valence-corrected chi connectivity index (χ1v) is 7.70. The molecular weight excluding hydrogens is 270 g/mol. The summed E-state index contributed by atoms with van der Waals surface area (Å²) >= 11 is 0. The van der Waals surface area contributed by atoms with Crippen molar-refractivity contribution in [1.82, 2.24) is 0 Å². The lowest BCUT2D eigenvalue weighted by atomic mass is 10.2. The maximum absolute atomic E-state index is 10.6. The summed E-state index contributed by atoms with van der Waals surface area (Å²) in [4.78, 5) is 5.23. The molecule has 0 radical (unpaired) electrons. The Bertz CT molecular complexity index is 406. The van der Waals surface area contributed by atoms with Gasteiger partial charge in [-0.1, -0.05) is 17.3 Å². The first-order chi connectivity index (χ1) is 8.60. The van der Waals surface area contributed by atoms with E-state index in [-0.39, 0.29) is 12.2 Å². The van der Waals surface area contributed by atoms with Crippen molar-refractivity contribution in [1.29, 1.82) is 0 Å². The van der Waals surface area contributed by atoms with Gasteiger partial charge >= 0.3 is 0 Å². The third-order valence-electron chi connectivity index (χ3n) is 1.55. The molecule has 0 aromatic heterocycles. The first-order valence-electron chi connectivity index (χ1n) is 5.89. The molecule has 0 aromatic carbocycles. The van der Waals surface area contributed by atoms with E-state index in [9.17, 15) is 8.42 Å². The Balaban J connectivity index is 3.72. The number of hydrogen-bond donors (Lipinski definition) is 0. The number of rotatable bonds is 8. The Morgan fingerprint density at radius 3 is 2.32 bits per heavy atom. The van der Waals surface area contributed by atoms with Gasteiger partial charge in [0.1, 0.15) is 5.60 Å². The average molecular weight is 293 g/mol. The summed E-state index contributed by atoms with van der Waals surface area (Å²) in [7, 11) is -3.38. The molecular formula is C12H23NO5S. The normalized spacial score (nSPS) is 14.1. The summed E-state index contributed by atoms with van der Waals surface area (Å²) in [6.07, 6.45) is 4.27. The van der Waals surface area contributed by atoms with Gasteiger partial charge in [0.15, 0.2) is 0 Å². The number of ether oxygens (including phenoxy) is 1. The van der Waals surface area contributed by atoms with Gasteiger partial charge in [-0.3, -0.25) is 4.18 Å². The lowest BCUT2D eigenvalue weighted by Crippen LogP contribution is -2.17. The molecule has 19 heavy (non-hydrogen) atoms. The van der Waals surface area contributed by atoms with Crippen LogP contribution in [0.15, 0.2) is 17.3 Å². The summed E-state index contributed by atoms with van der Waals surface area (Å²) in [6, 6.07) is 0. The van der Waals surface area contributed by atoms with Crippen molar-refractivity contribution in [2.45, 2.75) is 33.3 Å². The summed E-state index contributed by atoms with van der Waals surface area (Å²) in [5.41, 5.74) is 0.417. The Morgan fingerprint density at radius 2 is 1.79 bits per heavy atom. The van der Waals surface area contributed by atoms with Gasteiger partial charge in [0.05, 0.1) is 31.8 Å². The molecule has 0 spiro atoms. The fourth-order valence-electron chi connectivity index (χ4n) is 0.815. The Hall–Kier alpha value is -0.920. The van der Waals surface area contributed by atoms with Gasteiger partial charge in [-0.25, -0.2) is 0 Å². The predicted molar refractivity (Wildman–Crippen MR) is 74.7 cm³/mol. The quantitative estimate of drug-likeness (QED) is 0.224. The van der Waals surface area contributed by atoms with E-state index in [1.807, 2.05) is 27.7 Å². The highest BCUT2D eigenvalue weighted by Crippen LogP contribution is 2.06. The summed E-state index contributed by atoms with van der Waals surface area (Å²) < 4.78 is 31.1. The van der Waals surface area contributed by atoms with Gasteiger partial charge in [0.2, 0.25) is 0 Å². The molecule has 0 unspecified atom stereocenters. The summed E-state index contributed by atoms with van der Waals surface area (Å²) in [6.45, 7) is 8.27. The topological polar surface area (TPSA) is 74.2 Å². The smallest absolute Gasteiger partial charge is 0.264 e. The highest BCUT2D eigenvalue weighted by atomic mass is 32.2. The van der Waals surface area contributed by atoms with Gasteiger partial charge in [-0.05, 0) is 27.7 Å². The van der Waals surface area contributed by atoms with E-state index in [0.29, 0.717) is 13.2 Å². The van der Waals surface area contributed by atoms with Crippen LogP contribution in [-0.2, 0) is 23.9 Å². The molecule has 0 aliphatic heterocycles. The standard InChI is InChI=1S/C12H23NO5S/c1-11(13-18-12(2,3)4)10-16-8-6-7-9-17-19(5,14)15/h6-7H,8-10H2,1-5H3. The highest BCUT2D eigenvalue weighted by molar-refractivity contribution is 7.85. The Kier molecular flexibility index (Phi) is 7.89. The number of oxime groups is 1. The predicted octanol–water partition coefficient (Wildman–Crippen LogP) is 1.73. The second kappa shape index (κ2) is 8.29. The van der Waals surface area contributed by atoms with E-state index < -0.39 is 10.1 Å². The number of hydrogen-bond acceptors (Lipinski definition) is 6. The largest absolute Gasteiger partial charge is 0.390 e. The molecule has 0 rings (SSSR count). The third-order valence-corrected chi connectivity index (χ3v) is 2.11. The van der Waals surface area contributed by atoms with Gasteiger partial charge < -0.3 is 9.57 Å². The molecule has 112 valence electrons. The fraction of sp³-hybridized carbons (Fsp3) is 0.750. The van der Waals surface area contributed by atoms with Crippen LogP contribution in [0, 0.1) is 0 Å². The van der Waals surface area contributed by atoms with Crippen LogP contribution in [0.5, 0.6) is 0 Å². The molecule has 0 saturated carbocycles. The zero-order valence-corrected chi connectivity index (χ0v) is 13.0. The molecule has 0 fully saturated rings. The second-order valence-electron chi connectivity index (χ2n) is 5.01. The number of nitrogens with zero attached hydrogens (tertiary/aromatic N) is 1. The summed E-state index contributed by atoms with van der Waals surface area (Å²) in [5, 5.41) is 3.93. The zero-order valence-electron chi connectivity index (χ0n) is 12.2. The van der Waals surface area contributed by atoms with Crippen LogP contribution in [0.2, 0.25) is 0 Å². The molecule has 0 heterocycles. The lowest BCUT2D eigenvalue weighted by molar-refractivity contribution is -0.000464. The lowest BCUT2D eigenvalue weighted by Gasteiger charge is -2.16. The van der Waals surface area contributed by atoms with Crippen LogP contribution in [-0.4, -0.2) is 45.8 Å². The fourth-order valence-corrected chi connectivity index (χ4v) is 1.14. The van der Waals surface area contributed by atoms with Gasteiger partial charge in [-0.2, -0.15) is 8.42 Å². The van der Waals surface area contributed by atoms with Crippen molar-refractivity contribution in [3.05, 3.63) is 12.2 Å². The van der Waals surface area contributed by atoms with E-state index in [0.717, 1.165) is 12.0 Å². The van der Waals surface area contributed by atoms with Crippen LogP contribution in [0.25, 0.3) is 0 Å². The van der Waals surface area contributed by atoms with Crippen molar-refractivity contribution in [3.63, 3.8) is 0 Å². The van der Waals surface area contributed by atoms with Gasteiger partial charge in [0.25, 0.3) is 10.1 Å². The molecule has 0 aliphatic rings. The second-order valence-corrected chi connectivity index (χ2v) is 6.65. The summed E-state index contributed by atoms with van der Waals surface area (Å²) in [5.74, 6) is 0. The van der Waals surface area contributed by atoms with E-state index in [2.05, 4.69) is 9.34 Å². The monoisotopic (exact) mass is 293 g/mol. The first kappa shape index (κ1) is 18.1. The zero-order chi connectivity index (χ0) is 14.9. The Labute approximate surface area is 115 Å². The van der Waals surface area contributed by atoms with Crippen LogP contribution >= 0.6 is 0 Å². The molecule has 0 amide bonds. The molecule has 0 atom stereocenters.